The third-order valence-electron chi connectivity index (χ3n) is 5.44. The highest BCUT2D eigenvalue weighted by Gasteiger charge is 2.10. The van der Waals surface area contributed by atoms with Gasteiger partial charge in [0.1, 0.15) is 0 Å². The van der Waals surface area contributed by atoms with E-state index in [2.05, 4.69) is 26.3 Å². The number of aromatic amines is 2. The lowest BCUT2D eigenvalue weighted by Gasteiger charge is -2.06. The average Bonchev–Trinajstić information content (AvgIpc) is 3.45. The second-order valence-electron chi connectivity index (χ2n) is 7.68. The highest BCUT2D eigenvalue weighted by atomic mass is 32.1. The van der Waals surface area contributed by atoms with Crippen LogP contribution in [0, 0.1) is 0 Å². The predicted octanol–water partition coefficient (Wildman–Crippen LogP) is 3.90. The minimum atomic E-state index is -0.346. The molecule has 7 nitrogen and oxygen atoms in total. The van der Waals surface area contributed by atoms with Gasteiger partial charge in [0.2, 0.25) is 0 Å². The van der Waals surface area contributed by atoms with Crippen molar-refractivity contribution in [2.75, 3.05) is 6.54 Å². The van der Waals surface area contributed by atoms with E-state index >= 15 is 0 Å². The molecule has 1 amide bonds. The number of nitrogens with one attached hydrogen (secondary N) is 3. The van der Waals surface area contributed by atoms with Gasteiger partial charge >= 0.3 is 0 Å². The summed E-state index contributed by atoms with van der Waals surface area (Å²) in [6.07, 6.45) is 4.36. The van der Waals surface area contributed by atoms with Gasteiger partial charge in [-0.15, -0.1) is 11.3 Å². The largest absolute Gasteiger partial charge is 0.397 e. The molecule has 0 saturated heterocycles. The van der Waals surface area contributed by atoms with E-state index in [1.54, 1.807) is 24.3 Å². The van der Waals surface area contributed by atoms with E-state index in [1.807, 2.05) is 41.2 Å². The molecule has 0 aliphatic carbocycles. The Morgan fingerprint density at radius 3 is 2.91 bits per heavy atom. The number of nitrogens with zero attached hydrogens (tertiary/aromatic N) is 1. The van der Waals surface area contributed by atoms with Gasteiger partial charge in [0, 0.05) is 40.0 Å². The number of H-pyrrole nitrogens is 2. The highest BCUT2D eigenvalue weighted by Crippen LogP contribution is 2.18. The first kappa shape index (κ1) is 20.7. The topological polar surface area (TPSA) is 117 Å². The van der Waals surface area contributed by atoms with E-state index in [4.69, 9.17) is 5.73 Å². The third-order valence-corrected chi connectivity index (χ3v) is 6.17. The Kier molecular flexibility index (Phi) is 5.50. The number of carbonyl (C=O) groups is 1. The first-order chi connectivity index (χ1) is 16.1. The van der Waals surface area contributed by atoms with Crippen molar-refractivity contribution < 1.29 is 4.79 Å². The lowest BCUT2D eigenvalue weighted by atomic mass is 10.1. The van der Waals surface area contributed by atoms with Crippen molar-refractivity contribution >= 4 is 51.0 Å². The third kappa shape index (κ3) is 4.28. The van der Waals surface area contributed by atoms with Crippen molar-refractivity contribution in [2.24, 2.45) is 5.73 Å². The molecule has 5 N–H and O–H groups in total. The van der Waals surface area contributed by atoms with Gasteiger partial charge in [0.25, 0.3) is 11.5 Å². The number of fused-ring (bicyclic) bond motifs is 2. The molecule has 0 bridgehead atoms. The van der Waals surface area contributed by atoms with Crippen molar-refractivity contribution in [3.8, 4) is 0 Å². The molecule has 0 fully saturated rings. The van der Waals surface area contributed by atoms with Gasteiger partial charge in [-0.2, -0.15) is 0 Å². The summed E-state index contributed by atoms with van der Waals surface area (Å²) >= 11 is 1.46. The second-order valence-corrected chi connectivity index (χ2v) is 8.42. The van der Waals surface area contributed by atoms with Crippen LogP contribution in [-0.2, 0) is 6.42 Å². The molecule has 0 saturated carbocycles. The van der Waals surface area contributed by atoms with Gasteiger partial charge in [-0.05, 0) is 41.8 Å². The number of hydrogen-bond donors (Lipinski definition) is 4. The highest BCUT2D eigenvalue weighted by molar-refractivity contribution is 7.09. The number of hydrogen-bond acceptors (Lipinski definition) is 5. The number of benzene rings is 2. The summed E-state index contributed by atoms with van der Waals surface area (Å²) in [7, 11) is 0. The first-order valence-corrected chi connectivity index (χ1v) is 11.4. The van der Waals surface area contributed by atoms with Crippen molar-refractivity contribution in [2.45, 2.75) is 6.42 Å². The Hall–Kier alpha value is -4.17. The van der Waals surface area contributed by atoms with Crippen LogP contribution in [-0.4, -0.2) is 27.4 Å². The van der Waals surface area contributed by atoms with Crippen LogP contribution in [0.2, 0.25) is 0 Å². The molecule has 0 atom stereocenters. The normalized spacial score (nSPS) is 11.8. The maximum Gasteiger partial charge on any atom is 0.276 e. The monoisotopic (exact) mass is 455 g/mol. The summed E-state index contributed by atoms with van der Waals surface area (Å²) in [5.74, 6) is -0.167. The molecule has 0 aliphatic heterocycles. The van der Waals surface area contributed by atoms with Crippen LogP contribution in [0.1, 0.15) is 27.2 Å². The van der Waals surface area contributed by atoms with Gasteiger partial charge in [-0.3, -0.25) is 9.59 Å². The van der Waals surface area contributed by atoms with Crippen LogP contribution in [0.3, 0.4) is 0 Å². The molecular formula is C25H21N5O2S. The summed E-state index contributed by atoms with van der Waals surface area (Å²) in [6.45, 7) is 0.517. The number of carbonyl (C=O) groups excluding carboxylic acids is 1. The first-order valence-electron chi connectivity index (χ1n) is 10.5. The summed E-state index contributed by atoms with van der Waals surface area (Å²) in [5.41, 5.74) is 11.1. The van der Waals surface area contributed by atoms with Crippen LogP contribution >= 0.6 is 11.3 Å². The lowest BCUT2D eigenvalue weighted by Crippen LogP contribution is -2.25. The van der Waals surface area contributed by atoms with E-state index in [0.717, 1.165) is 17.5 Å². The lowest BCUT2D eigenvalue weighted by molar-refractivity contribution is 0.0954. The number of rotatable bonds is 6. The number of nitrogens with two attached hydrogens (primary N) is 1. The van der Waals surface area contributed by atoms with Crippen LogP contribution in [0.25, 0.3) is 33.7 Å². The molecule has 3 aromatic heterocycles. The van der Waals surface area contributed by atoms with Crippen LogP contribution in [0.4, 0.5) is 0 Å². The fraction of sp³-hybridized carbons (Fsp3) is 0.0800. The van der Waals surface area contributed by atoms with E-state index in [1.165, 1.54) is 16.7 Å². The smallest absolute Gasteiger partial charge is 0.276 e. The summed E-state index contributed by atoms with van der Waals surface area (Å²) < 4.78 is 0. The molecule has 8 heteroatoms. The minimum absolute atomic E-state index is 0.162. The number of para-hydroxylation sites is 1. The van der Waals surface area contributed by atoms with Gasteiger partial charge in [-0.1, -0.05) is 30.3 Å². The molecule has 0 spiro atoms. The van der Waals surface area contributed by atoms with E-state index in [-0.39, 0.29) is 22.9 Å². The number of aromatic nitrogens is 3. The van der Waals surface area contributed by atoms with Crippen molar-refractivity contribution in [3.63, 3.8) is 0 Å². The van der Waals surface area contributed by atoms with Gasteiger partial charge in [0.05, 0.1) is 16.7 Å². The Labute approximate surface area is 193 Å². The van der Waals surface area contributed by atoms with Crippen LogP contribution < -0.4 is 16.6 Å². The Balaban J connectivity index is 1.29. The van der Waals surface area contributed by atoms with E-state index < -0.39 is 0 Å². The quantitative estimate of drug-likeness (QED) is 0.311. The summed E-state index contributed by atoms with van der Waals surface area (Å²) in [5, 5.41) is 7.81. The Bertz CT molecular complexity index is 1560. The minimum Gasteiger partial charge on any atom is -0.397 e. The van der Waals surface area contributed by atoms with Crippen LogP contribution in [0.5, 0.6) is 0 Å². The predicted molar refractivity (Wildman–Crippen MR) is 133 cm³/mol. The van der Waals surface area contributed by atoms with Crippen molar-refractivity contribution in [1.82, 2.24) is 20.3 Å². The van der Waals surface area contributed by atoms with E-state index in [0.29, 0.717) is 28.7 Å². The molecule has 5 aromatic rings. The second kappa shape index (κ2) is 8.76. The zero-order chi connectivity index (χ0) is 22.8. The van der Waals surface area contributed by atoms with Gasteiger partial charge in [-0.25, -0.2) is 4.98 Å². The van der Waals surface area contributed by atoms with E-state index in [9.17, 15) is 9.59 Å². The summed E-state index contributed by atoms with van der Waals surface area (Å²) in [4.78, 5) is 35.4. The maximum atomic E-state index is 12.7. The standard InChI is InChI=1S/C25H21N5O2S/c26-19(23-25(32)30-22-14-33-13-21(22)29-23)11-15-4-3-5-16(10-15)24(31)27-9-8-17-12-28-20-7-2-1-6-18(17)20/h1-7,10-14,28H,8-9,26H2,(H,27,31)(H,30,32)/b19-11-. The molecule has 0 aliphatic rings. The molecule has 5 rings (SSSR count). The van der Waals surface area contributed by atoms with Crippen molar-refractivity contribution in [1.29, 1.82) is 0 Å². The Morgan fingerprint density at radius 2 is 2.00 bits per heavy atom. The van der Waals surface area contributed by atoms with Crippen molar-refractivity contribution in [3.05, 3.63) is 98.2 Å². The van der Waals surface area contributed by atoms with Crippen LogP contribution in [0.15, 0.2) is 70.3 Å². The van der Waals surface area contributed by atoms with Gasteiger partial charge in [0.15, 0.2) is 5.69 Å². The van der Waals surface area contributed by atoms with Gasteiger partial charge < -0.3 is 21.0 Å². The molecule has 164 valence electrons. The number of thiophene rings is 1. The fourth-order valence-electron chi connectivity index (χ4n) is 3.79. The molecule has 33 heavy (non-hydrogen) atoms. The molecule has 0 unspecified atom stereocenters. The zero-order valence-electron chi connectivity index (χ0n) is 17.6. The SMILES string of the molecule is N/C(=C\c1cccc(C(=O)NCCc2c[nH]c3ccccc23)c1)c1nc2cscc2[nH]c1=O. The molecular weight excluding hydrogens is 434 g/mol. The molecule has 2 aromatic carbocycles. The average molecular weight is 456 g/mol. The molecule has 3 heterocycles. The Morgan fingerprint density at radius 1 is 1.12 bits per heavy atom. The fourth-order valence-corrected chi connectivity index (χ4v) is 4.48. The zero-order valence-corrected chi connectivity index (χ0v) is 18.4. The maximum absolute atomic E-state index is 12.7. The number of amides is 1. The summed E-state index contributed by atoms with van der Waals surface area (Å²) in [6, 6.07) is 15.2. The molecule has 0 radical (unpaired) electrons.